The van der Waals surface area contributed by atoms with Crippen molar-refractivity contribution in [3.8, 4) is 0 Å². The first kappa shape index (κ1) is 15.7. The molecule has 0 saturated heterocycles. The van der Waals surface area contributed by atoms with Crippen LogP contribution in [0.1, 0.15) is 21.4 Å². The second kappa shape index (κ2) is 6.59. The van der Waals surface area contributed by atoms with Crippen LogP contribution in [0.15, 0.2) is 53.2 Å². The molecule has 1 unspecified atom stereocenters. The lowest BCUT2D eigenvalue weighted by molar-refractivity contribution is 0.195. The summed E-state index contributed by atoms with van der Waals surface area (Å²) >= 11 is 9.48. The van der Waals surface area contributed by atoms with E-state index in [4.69, 9.17) is 11.6 Å². The zero-order valence-corrected chi connectivity index (χ0v) is 15.1. The van der Waals surface area contributed by atoms with Crippen LogP contribution >= 0.6 is 34.3 Å². The summed E-state index contributed by atoms with van der Waals surface area (Å²) in [5.74, 6) is 0. The Bertz CT molecular complexity index is 860. The fourth-order valence-corrected chi connectivity index (χ4v) is 5.00. The Morgan fingerprint density at radius 3 is 2.88 bits per heavy atom. The number of carbonyl (C=O) groups excluding carboxylic acids is 1. The minimum atomic E-state index is -0.0903. The maximum absolute atomic E-state index is 12.9. The lowest BCUT2D eigenvalue weighted by Gasteiger charge is -2.35. The Hall–Kier alpha value is -1.82. The molecule has 3 nitrogen and oxygen atoms in total. The second-order valence-corrected chi connectivity index (χ2v) is 8.02. The monoisotopic (exact) mass is 374 g/mol. The first-order chi connectivity index (χ1) is 11.7. The van der Waals surface area contributed by atoms with Crippen molar-refractivity contribution in [3.63, 3.8) is 0 Å². The lowest BCUT2D eigenvalue weighted by atomic mass is 9.99. The third-order valence-electron chi connectivity index (χ3n) is 4.12. The minimum absolute atomic E-state index is 0.0146. The summed E-state index contributed by atoms with van der Waals surface area (Å²) in [5.41, 5.74) is 1.96. The van der Waals surface area contributed by atoms with Crippen molar-refractivity contribution >= 4 is 46.0 Å². The molecule has 1 aliphatic rings. The van der Waals surface area contributed by atoms with Crippen LogP contribution in [0.25, 0.3) is 0 Å². The maximum atomic E-state index is 12.9. The number of urea groups is 1. The molecule has 4 rings (SSSR count). The third-order valence-corrected chi connectivity index (χ3v) is 6.27. The van der Waals surface area contributed by atoms with Gasteiger partial charge < -0.3 is 10.2 Å². The highest BCUT2D eigenvalue weighted by Gasteiger charge is 2.33. The molecule has 6 heteroatoms. The molecule has 1 aliphatic heterocycles. The van der Waals surface area contributed by atoms with Crippen molar-refractivity contribution < 1.29 is 4.79 Å². The van der Waals surface area contributed by atoms with Gasteiger partial charge in [0.05, 0.1) is 6.04 Å². The van der Waals surface area contributed by atoms with E-state index in [1.807, 2.05) is 23.1 Å². The average Bonchev–Trinajstić information content (AvgIpc) is 3.25. The van der Waals surface area contributed by atoms with Crippen LogP contribution in [0.3, 0.4) is 0 Å². The number of nitrogens with one attached hydrogen (secondary N) is 1. The molecule has 1 atom stereocenters. The Balaban J connectivity index is 1.65. The molecule has 0 aliphatic carbocycles. The number of rotatable bonds is 2. The Morgan fingerprint density at radius 2 is 2.08 bits per heavy atom. The van der Waals surface area contributed by atoms with Crippen LogP contribution in [-0.2, 0) is 6.42 Å². The van der Waals surface area contributed by atoms with Gasteiger partial charge in [0.2, 0.25) is 0 Å². The minimum Gasteiger partial charge on any atom is -0.312 e. The van der Waals surface area contributed by atoms with Crippen LogP contribution in [0, 0.1) is 0 Å². The molecule has 122 valence electrons. The Labute approximate surface area is 153 Å². The number of anilines is 1. The van der Waals surface area contributed by atoms with Crippen LogP contribution in [-0.4, -0.2) is 17.5 Å². The van der Waals surface area contributed by atoms with Gasteiger partial charge in [0.15, 0.2) is 0 Å². The molecule has 0 fully saturated rings. The predicted octanol–water partition coefficient (Wildman–Crippen LogP) is 5.64. The fourth-order valence-electron chi connectivity index (χ4n) is 3.05. The number of halogens is 1. The summed E-state index contributed by atoms with van der Waals surface area (Å²) < 4.78 is 0. The van der Waals surface area contributed by atoms with Crippen LogP contribution in [0.4, 0.5) is 10.5 Å². The molecule has 0 saturated carbocycles. The first-order valence-electron chi connectivity index (χ1n) is 7.65. The van der Waals surface area contributed by atoms with Gasteiger partial charge in [0.1, 0.15) is 0 Å². The molecule has 0 bridgehead atoms. The summed E-state index contributed by atoms with van der Waals surface area (Å²) in [6.45, 7) is 0.711. The van der Waals surface area contributed by atoms with E-state index in [1.54, 1.807) is 34.8 Å². The number of hydrogen-bond acceptors (Lipinski definition) is 3. The molecule has 2 amide bonds. The average molecular weight is 375 g/mol. The predicted molar refractivity (Wildman–Crippen MR) is 101 cm³/mol. The van der Waals surface area contributed by atoms with Gasteiger partial charge in [0, 0.05) is 27.0 Å². The number of amides is 2. The fraction of sp³-hybridized carbons (Fsp3) is 0.167. The molecular formula is C18H15ClN2OS2. The van der Waals surface area contributed by atoms with Crippen molar-refractivity contribution in [1.29, 1.82) is 0 Å². The van der Waals surface area contributed by atoms with E-state index in [0.717, 1.165) is 6.42 Å². The van der Waals surface area contributed by atoms with E-state index in [-0.39, 0.29) is 12.1 Å². The largest absolute Gasteiger partial charge is 0.322 e. The third kappa shape index (κ3) is 2.95. The molecular weight excluding hydrogens is 360 g/mol. The number of benzene rings is 1. The zero-order valence-electron chi connectivity index (χ0n) is 12.7. The van der Waals surface area contributed by atoms with Crippen molar-refractivity contribution in [2.24, 2.45) is 0 Å². The Kier molecular flexibility index (Phi) is 4.31. The van der Waals surface area contributed by atoms with Gasteiger partial charge in [-0.05, 0) is 53.1 Å². The summed E-state index contributed by atoms with van der Waals surface area (Å²) in [7, 11) is 0. The van der Waals surface area contributed by atoms with E-state index >= 15 is 0 Å². The SMILES string of the molecule is O=C(Nc1cccc(Cl)c1)N1CCc2sccc2C1c1cccs1. The van der Waals surface area contributed by atoms with Gasteiger partial charge >= 0.3 is 6.03 Å². The summed E-state index contributed by atoms with van der Waals surface area (Å²) in [6, 6.07) is 13.4. The molecule has 1 N–H and O–H groups in total. The smallest absolute Gasteiger partial charge is 0.312 e. The molecule has 1 aromatic carbocycles. The highest BCUT2D eigenvalue weighted by atomic mass is 35.5. The van der Waals surface area contributed by atoms with E-state index in [9.17, 15) is 4.79 Å². The van der Waals surface area contributed by atoms with E-state index in [2.05, 4.69) is 28.2 Å². The van der Waals surface area contributed by atoms with Gasteiger partial charge in [-0.2, -0.15) is 0 Å². The highest BCUT2D eigenvalue weighted by Crippen LogP contribution is 2.39. The number of nitrogens with zero attached hydrogens (tertiary/aromatic N) is 1. The van der Waals surface area contributed by atoms with Crippen LogP contribution in [0.2, 0.25) is 5.02 Å². The van der Waals surface area contributed by atoms with Crippen molar-refractivity contribution in [2.75, 3.05) is 11.9 Å². The number of carbonyl (C=O) groups is 1. The van der Waals surface area contributed by atoms with Gasteiger partial charge in [-0.1, -0.05) is 23.7 Å². The molecule has 0 radical (unpaired) electrons. The van der Waals surface area contributed by atoms with E-state index in [1.165, 1.54) is 15.3 Å². The molecule has 2 aromatic heterocycles. The molecule has 24 heavy (non-hydrogen) atoms. The van der Waals surface area contributed by atoms with Crippen molar-refractivity contribution in [1.82, 2.24) is 4.90 Å². The van der Waals surface area contributed by atoms with Crippen molar-refractivity contribution in [3.05, 3.63) is 73.6 Å². The van der Waals surface area contributed by atoms with E-state index in [0.29, 0.717) is 17.3 Å². The highest BCUT2D eigenvalue weighted by molar-refractivity contribution is 7.10. The number of fused-ring (bicyclic) bond motifs is 1. The summed E-state index contributed by atoms with van der Waals surface area (Å²) in [6.07, 6.45) is 0.901. The maximum Gasteiger partial charge on any atom is 0.322 e. The topological polar surface area (TPSA) is 32.3 Å². The van der Waals surface area contributed by atoms with E-state index < -0.39 is 0 Å². The normalized spacial score (nSPS) is 16.7. The number of thiophene rings is 2. The lowest BCUT2D eigenvalue weighted by Crippen LogP contribution is -2.42. The number of hydrogen-bond donors (Lipinski definition) is 1. The van der Waals surface area contributed by atoms with Gasteiger partial charge in [-0.3, -0.25) is 0 Å². The molecule has 3 heterocycles. The molecule has 0 spiro atoms. The van der Waals surface area contributed by atoms with Crippen LogP contribution < -0.4 is 5.32 Å². The second-order valence-electron chi connectivity index (χ2n) is 5.60. The zero-order chi connectivity index (χ0) is 16.5. The van der Waals surface area contributed by atoms with Gasteiger partial charge in [-0.15, -0.1) is 22.7 Å². The Morgan fingerprint density at radius 1 is 1.17 bits per heavy atom. The summed E-state index contributed by atoms with van der Waals surface area (Å²) in [5, 5.41) is 7.76. The van der Waals surface area contributed by atoms with Crippen molar-refractivity contribution in [2.45, 2.75) is 12.5 Å². The first-order valence-corrected chi connectivity index (χ1v) is 9.79. The van der Waals surface area contributed by atoms with Gasteiger partial charge in [-0.25, -0.2) is 4.79 Å². The quantitative estimate of drug-likeness (QED) is 0.618. The van der Waals surface area contributed by atoms with Crippen LogP contribution in [0.5, 0.6) is 0 Å². The summed E-state index contributed by atoms with van der Waals surface area (Å²) in [4.78, 5) is 17.4. The standard InChI is InChI=1S/C18H15ClN2OS2/c19-12-3-1-4-13(11-12)20-18(22)21-8-6-15-14(7-10-24-15)17(21)16-5-2-9-23-16/h1-5,7,9-11,17H,6,8H2,(H,20,22). The molecule has 3 aromatic rings. The van der Waals surface area contributed by atoms with Gasteiger partial charge in [0.25, 0.3) is 0 Å².